The van der Waals surface area contributed by atoms with Crippen LogP contribution in [0.1, 0.15) is 18.4 Å². The van der Waals surface area contributed by atoms with Crippen LogP contribution in [0, 0.1) is 17.1 Å². The first-order valence-electron chi connectivity index (χ1n) is 5.02. The van der Waals surface area contributed by atoms with E-state index in [-0.39, 0.29) is 11.9 Å². The van der Waals surface area contributed by atoms with Crippen LogP contribution in [0.4, 0.5) is 4.39 Å². The van der Waals surface area contributed by atoms with Gasteiger partial charge >= 0.3 is 0 Å². The first-order valence-corrected chi connectivity index (χ1v) is 5.02. The molecule has 1 aliphatic rings. The molecule has 15 heavy (non-hydrogen) atoms. The van der Waals surface area contributed by atoms with Crippen LogP contribution in [0.5, 0.6) is 0 Å². The Hall–Kier alpha value is -1.47. The van der Waals surface area contributed by atoms with Crippen molar-refractivity contribution in [2.75, 3.05) is 6.54 Å². The van der Waals surface area contributed by atoms with Crippen LogP contribution in [0.2, 0.25) is 0 Å². The zero-order valence-corrected chi connectivity index (χ0v) is 8.36. The topological polar surface area (TPSA) is 39.9 Å². The van der Waals surface area contributed by atoms with Gasteiger partial charge in [0.05, 0.1) is 18.3 Å². The third-order valence-electron chi connectivity index (χ3n) is 2.66. The number of halogens is 1. The van der Waals surface area contributed by atoms with Crippen LogP contribution in [0.3, 0.4) is 0 Å². The lowest BCUT2D eigenvalue weighted by Gasteiger charge is -2.18. The second-order valence-electron chi connectivity index (χ2n) is 3.77. The van der Waals surface area contributed by atoms with Crippen molar-refractivity contribution in [1.82, 2.24) is 9.88 Å². The molecule has 1 aliphatic heterocycles. The number of pyridine rings is 1. The molecule has 0 bridgehead atoms. The van der Waals surface area contributed by atoms with E-state index < -0.39 is 0 Å². The molecule has 3 nitrogen and oxygen atoms in total. The van der Waals surface area contributed by atoms with Gasteiger partial charge in [0, 0.05) is 12.7 Å². The van der Waals surface area contributed by atoms with Crippen LogP contribution < -0.4 is 0 Å². The number of aromatic nitrogens is 1. The minimum atomic E-state index is -0.319. The van der Waals surface area contributed by atoms with Gasteiger partial charge in [0.25, 0.3) is 0 Å². The van der Waals surface area contributed by atoms with Gasteiger partial charge in [-0.05, 0) is 31.0 Å². The summed E-state index contributed by atoms with van der Waals surface area (Å²) < 4.78 is 12.9. The Kier molecular flexibility index (Phi) is 2.93. The van der Waals surface area contributed by atoms with E-state index in [1.54, 1.807) is 6.20 Å². The quantitative estimate of drug-likeness (QED) is 0.737. The molecule has 1 aromatic rings. The highest BCUT2D eigenvalue weighted by Gasteiger charge is 2.23. The molecule has 0 N–H and O–H groups in total. The molecule has 1 atom stereocenters. The molecule has 1 fully saturated rings. The van der Waals surface area contributed by atoms with Gasteiger partial charge in [0.15, 0.2) is 0 Å². The summed E-state index contributed by atoms with van der Waals surface area (Å²) in [4.78, 5) is 5.86. The van der Waals surface area contributed by atoms with Gasteiger partial charge in [-0.1, -0.05) is 0 Å². The predicted molar refractivity (Wildman–Crippen MR) is 53.2 cm³/mol. The zero-order valence-electron chi connectivity index (χ0n) is 8.36. The summed E-state index contributed by atoms with van der Waals surface area (Å²) >= 11 is 0. The summed E-state index contributed by atoms with van der Waals surface area (Å²) in [5.74, 6) is -0.319. The van der Waals surface area contributed by atoms with Gasteiger partial charge in [-0.2, -0.15) is 5.26 Å². The Balaban J connectivity index is 2.06. The Morgan fingerprint density at radius 3 is 3.20 bits per heavy atom. The molecule has 0 radical (unpaired) electrons. The van der Waals surface area contributed by atoms with Crippen molar-refractivity contribution in [3.05, 3.63) is 29.8 Å². The van der Waals surface area contributed by atoms with E-state index >= 15 is 0 Å². The van der Waals surface area contributed by atoms with Crippen LogP contribution in [0.25, 0.3) is 0 Å². The number of rotatable bonds is 2. The lowest BCUT2D eigenvalue weighted by molar-refractivity contribution is 0.286. The molecule has 1 aromatic heterocycles. The first kappa shape index (κ1) is 10.1. The summed E-state index contributed by atoms with van der Waals surface area (Å²) in [6, 6.07) is 3.71. The van der Waals surface area contributed by atoms with Crippen molar-refractivity contribution in [3.8, 4) is 6.07 Å². The molecule has 0 saturated carbocycles. The highest BCUT2D eigenvalue weighted by molar-refractivity contribution is 5.11. The van der Waals surface area contributed by atoms with E-state index in [0.717, 1.165) is 24.9 Å². The number of nitrogens with zero attached hydrogens (tertiary/aromatic N) is 3. The molecule has 1 saturated heterocycles. The first-order chi connectivity index (χ1) is 7.29. The second-order valence-corrected chi connectivity index (χ2v) is 3.77. The maximum absolute atomic E-state index is 12.9. The van der Waals surface area contributed by atoms with Gasteiger partial charge in [-0.3, -0.25) is 9.88 Å². The molecule has 2 heterocycles. The molecular weight excluding hydrogens is 193 g/mol. The average Bonchev–Trinajstić information content (AvgIpc) is 2.65. The molecule has 0 spiro atoms. The molecule has 4 heteroatoms. The van der Waals surface area contributed by atoms with Crippen molar-refractivity contribution in [2.45, 2.75) is 25.4 Å². The number of nitriles is 1. The molecule has 1 unspecified atom stereocenters. The number of likely N-dealkylation sites (tertiary alicyclic amines) is 1. The summed E-state index contributed by atoms with van der Waals surface area (Å²) in [6.45, 7) is 1.53. The van der Waals surface area contributed by atoms with Crippen LogP contribution in [0.15, 0.2) is 18.5 Å². The third kappa shape index (κ3) is 2.31. The van der Waals surface area contributed by atoms with Gasteiger partial charge in [-0.15, -0.1) is 0 Å². The van der Waals surface area contributed by atoms with Crippen molar-refractivity contribution < 1.29 is 4.39 Å². The second kappa shape index (κ2) is 4.37. The highest BCUT2D eigenvalue weighted by Crippen LogP contribution is 2.19. The smallest absolute Gasteiger partial charge is 0.141 e. The maximum Gasteiger partial charge on any atom is 0.141 e. The van der Waals surface area contributed by atoms with Crippen molar-refractivity contribution in [2.24, 2.45) is 0 Å². The fourth-order valence-corrected chi connectivity index (χ4v) is 1.94. The molecular formula is C11H12FN3. The molecule has 2 rings (SSSR count). The van der Waals surface area contributed by atoms with Crippen LogP contribution in [-0.2, 0) is 6.54 Å². The summed E-state index contributed by atoms with van der Waals surface area (Å²) in [5.41, 5.74) is 0.831. The molecule has 0 amide bonds. The Morgan fingerprint density at radius 1 is 1.60 bits per heavy atom. The van der Waals surface area contributed by atoms with Crippen molar-refractivity contribution in [1.29, 1.82) is 5.26 Å². The lowest BCUT2D eigenvalue weighted by atomic mass is 10.2. The predicted octanol–water partition coefficient (Wildman–Crippen LogP) is 1.71. The van der Waals surface area contributed by atoms with E-state index in [0.29, 0.717) is 6.54 Å². The minimum absolute atomic E-state index is 0.0201. The normalized spacial score (nSPS) is 21.5. The fraction of sp³-hybridized carbons (Fsp3) is 0.455. The maximum atomic E-state index is 12.9. The van der Waals surface area contributed by atoms with Crippen LogP contribution in [-0.4, -0.2) is 22.5 Å². The van der Waals surface area contributed by atoms with E-state index in [1.807, 2.05) is 0 Å². The average molecular weight is 205 g/mol. The van der Waals surface area contributed by atoms with E-state index in [9.17, 15) is 4.39 Å². The standard InChI is InChI=1S/C11H12FN3/c12-10-4-9(6-14-7-10)8-15-3-1-2-11(15)5-13/h4,6-7,11H,1-3,8H2. The van der Waals surface area contributed by atoms with Gasteiger partial charge < -0.3 is 0 Å². The zero-order chi connectivity index (χ0) is 10.7. The summed E-state index contributed by atoms with van der Waals surface area (Å²) in [5, 5.41) is 8.89. The minimum Gasteiger partial charge on any atom is -0.284 e. The van der Waals surface area contributed by atoms with Gasteiger partial charge in [0.1, 0.15) is 5.82 Å². The molecule has 0 aliphatic carbocycles. The van der Waals surface area contributed by atoms with Gasteiger partial charge in [0.2, 0.25) is 0 Å². The number of hydrogen-bond donors (Lipinski definition) is 0. The van der Waals surface area contributed by atoms with Crippen molar-refractivity contribution in [3.63, 3.8) is 0 Å². The highest BCUT2D eigenvalue weighted by atomic mass is 19.1. The van der Waals surface area contributed by atoms with Crippen molar-refractivity contribution >= 4 is 0 Å². The third-order valence-corrected chi connectivity index (χ3v) is 2.66. The van der Waals surface area contributed by atoms with E-state index in [2.05, 4.69) is 16.0 Å². The van der Waals surface area contributed by atoms with E-state index in [4.69, 9.17) is 5.26 Å². The number of hydrogen-bond acceptors (Lipinski definition) is 3. The Labute approximate surface area is 88.2 Å². The van der Waals surface area contributed by atoms with E-state index in [1.165, 1.54) is 12.3 Å². The molecule has 0 aromatic carbocycles. The van der Waals surface area contributed by atoms with Gasteiger partial charge in [-0.25, -0.2) is 4.39 Å². The lowest BCUT2D eigenvalue weighted by Crippen LogP contribution is -2.27. The monoisotopic (exact) mass is 205 g/mol. The fourth-order valence-electron chi connectivity index (χ4n) is 1.94. The summed E-state index contributed by atoms with van der Waals surface area (Å²) in [6.07, 6.45) is 4.80. The SMILES string of the molecule is N#CC1CCCN1Cc1cncc(F)c1. The van der Waals surface area contributed by atoms with Crippen LogP contribution >= 0.6 is 0 Å². The Bertz CT molecular complexity index is 386. The summed E-state index contributed by atoms with van der Waals surface area (Å²) in [7, 11) is 0. The Morgan fingerprint density at radius 2 is 2.47 bits per heavy atom. The molecule has 78 valence electrons. The largest absolute Gasteiger partial charge is 0.284 e.